The summed E-state index contributed by atoms with van der Waals surface area (Å²) in [5.41, 5.74) is 1.22. The second-order valence-electron chi connectivity index (χ2n) is 12.8. The molecular formula is C40H44NO2PSi. The van der Waals surface area contributed by atoms with E-state index in [-0.39, 0.29) is 11.1 Å². The predicted molar refractivity (Wildman–Crippen MR) is 196 cm³/mol. The average Bonchev–Trinajstić information content (AvgIpc) is 3.54. The molecule has 230 valence electrons. The number of hydrogen-bond donors (Lipinski definition) is 0. The van der Waals surface area contributed by atoms with Crippen LogP contribution in [0.15, 0.2) is 140 Å². The van der Waals surface area contributed by atoms with E-state index in [0.717, 1.165) is 25.1 Å². The smallest absolute Gasteiger partial charge is 0.261 e. The molecular weight excluding hydrogens is 586 g/mol. The monoisotopic (exact) mass is 629 g/mol. The second-order valence-corrected chi connectivity index (χ2v) is 19.3. The Morgan fingerprint density at radius 3 is 1.69 bits per heavy atom. The first-order valence-electron chi connectivity index (χ1n) is 16.0. The maximum atomic E-state index is 7.51. The number of rotatable bonds is 10. The quantitative estimate of drug-likeness (QED) is 0.123. The van der Waals surface area contributed by atoms with Crippen LogP contribution in [-0.4, -0.2) is 34.6 Å². The molecule has 0 saturated carbocycles. The second kappa shape index (κ2) is 13.7. The molecule has 0 amide bonds. The first kappa shape index (κ1) is 31.3. The van der Waals surface area contributed by atoms with E-state index < -0.39 is 16.2 Å². The molecule has 1 heterocycles. The van der Waals surface area contributed by atoms with E-state index in [1.165, 1.54) is 32.0 Å². The Labute approximate surface area is 271 Å². The van der Waals surface area contributed by atoms with Gasteiger partial charge in [0.25, 0.3) is 8.32 Å². The van der Waals surface area contributed by atoms with Crippen LogP contribution in [0.1, 0.15) is 33.6 Å². The summed E-state index contributed by atoms with van der Waals surface area (Å²) in [6.45, 7) is 8.72. The van der Waals surface area contributed by atoms with Gasteiger partial charge in [-0.15, -0.1) is 0 Å². The van der Waals surface area contributed by atoms with Gasteiger partial charge in [-0.25, -0.2) is 0 Å². The molecule has 1 atom stereocenters. The van der Waals surface area contributed by atoms with Gasteiger partial charge < -0.3 is 14.1 Å². The van der Waals surface area contributed by atoms with Crippen LogP contribution in [0, 0.1) is 0 Å². The van der Waals surface area contributed by atoms with Crippen molar-refractivity contribution < 1.29 is 9.16 Å². The van der Waals surface area contributed by atoms with E-state index in [1.807, 2.05) is 0 Å². The van der Waals surface area contributed by atoms with E-state index in [0.29, 0.717) is 6.61 Å². The zero-order valence-electron chi connectivity index (χ0n) is 26.9. The lowest BCUT2D eigenvalue weighted by molar-refractivity contribution is 0.271. The van der Waals surface area contributed by atoms with Gasteiger partial charge in [0.15, 0.2) is 0 Å². The first-order valence-corrected chi connectivity index (χ1v) is 19.3. The largest absolute Gasteiger partial charge is 0.495 e. The van der Waals surface area contributed by atoms with Crippen molar-refractivity contribution in [3.05, 3.63) is 140 Å². The summed E-state index contributed by atoms with van der Waals surface area (Å²) in [7, 11) is -1.66. The summed E-state index contributed by atoms with van der Waals surface area (Å²) in [4.78, 5) is 2.60. The van der Waals surface area contributed by atoms with Crippen molar-refractivity contribution in [1.29, 1.82) is 0 Å². The van der Waals surface area contributed by atoms with Gasteiger partial charge in [0.1, 0.15) is 5.75 Å². The van der Waals surface area contributed by atoms with Crippen LogP contribution >= 0.6 is 7.92 Å². The van der Waals surface area contributed by atoms with E-state index in [4.69, 9.17) is 9.16 Å². The Morgan fingerprint density at radius 2 is 1.20 bits per heavy atom. The number of benzene rings is 5. The molecule has 1 fully saturated rings. The van der Waals surface area contributed by atoms with Gasteiger partial charge in [0.05, 0.1) is 25.4 Å². The summed E-state index contributed by atoms with van der Waals surface area (Å²) >= 11 is 0. The first-order chi connectivity index (χ1) is 21.9. The van der Waals surface area contributed by atoms with Crippen molar-refractivity contribution in [3.63, 3.8) is 0 Å². The third-order valence-electron chi connectivity index (χ3n) is 9.04. The molecule has 0 aliphatic carbocycles. The fraction of sp³-hybridized carbons (Fsp3) is 0.250. The SMILES string of the molecule is COc1cccc(P(c2ccccc2)c2ccccc2)c1N1CCC[C@H]1CO[Si](c1ccccc1)(c1ccccc1)C(C)(C)C. The van der Waals surface area contributed by atoms with Gasteiger partial charge in [-0.2, -0.15) is 0 Å². The van der Waals surface area contributed by atoms with Gasteiger partial charge in [-0.05, 0) is 52.9 Å². The minimum absolute atomic E-state index is 0.0658. The highest BCUT2D eigenvalue weighted by atomic mass is 31.1. The van der Waals surface area contributed by atoms with E-state index in [9.17, 15) is 0 Å². The van der Waals surface area contributed by atoms with Gasteiger partial charge in [-0.1, -0.05) is 154 Å². The fourth-order valence-electron chi connectivity index (χ4n) is 7.01. The molecule has 1 aliphatic heterocycles. The van der Waals surface area contributed by atoms with Crippen molar-refractivity contribution in [2.24, 2.45) is 0 Å². The molecule has 5 aromatic carbocycles. The lowest BCUT2D eigenvalue weighted by atomic mass is 10.2. The van der Waals surface area contributed by atoms with E-state index >= 15 is 0 Å². The summed E-state index contributed by atoms with van der Waals surface area (Å²) in [5, 5.41) is 6.59. The highest BCUT2D eigenvalue weighted by Gasteiger charge is 2.50. The van der Waals surface area contributed by atoms with Crippen molar-refractivity contribution in [2.75, 3.05) is 25.2 Å². The molecule has 0 unspecified atom stereocenters. The lowest BCUT2D eigenvalue weighted by Gasteiger charge is -2.44. The molecule has 45 heavy (non-hydrogen) atoms. The number of nitrogens with zero attached hydrogens (tertiary/aromatic N) is 1. The Balaban J connectivity index is 1.43. The van der Waals surface area contributed by atoms with Gasteiger partial charge in [-0.3, -0.25) is 0 Å². The van der Waals surface area contributed by atoms with Crippen molar-refractivity contribution in [3.8, 4) is 5.75 Å². The van der Waals surface area contributed by atoms with Crippen LogP contribution in [-0.2, 0) is 4.43 Å². The Bertz CT molecular complexity index is 1580. The predicted octanol–water partition coefficient (Wildman–Crippen LogP) is 7.00. The molecule has 0 bridgehead atoms. The molecule has 1 aliphatic rings. The van der Waals surface area contributed by atoms with E-state index in [2.05, 4.69) is 165 Å². The minimum atomic E-state index is -2.66. The zero-order chi connectivity index (χ0) is 31.3. The van der Waals surface area contributed by atoms with Crippen LogP contribution < -0.4 is 35.9 Å². The van der Waals surface area contributed by atoms with Crippen LogP contribution in [0.5, 0.6) is 5.75 Å². The number of para-hydroxylation sites is 1. The van der Waals surface area contributed by atoms with Crippen LogP contribution in [0.2, 0.25) is 5.04 Å². The molecule has 0 radical (unpaired) electrons. The van der Waals surface area contributed by atoms with Gasteiger partial charge in [0.2, 0.25) is 0 Å². The molecule has 0 spiro atoms. The van der Waals surface area contributed by atoms with Crippen molar-refractivity contribution in [2.45, 2.75) is 44.7 Å². The maximum absolute atomic E-state index is 7.51. The fourth-order valence-corrected chi connectivity index (χ4v) is 14.1. The maximum Gasteiger partial charge on any atom is 0.261 e. The summed E-state index contributed by atoms with van der Waals surface area (Å²) in [5.74, 6) is 0.934. The van der Waals surface area contributed by atoms with Gasteiger partial charge in [0, 0.05) is 11.8 Å². The Hall–Kier alpha value is -3.69. The van der Waals surface area contributed by atoms with Crippen LogP contribution in [0.3, 0.4) is 0 Å². The molecule has 3 nitrogen and oxygen atoms in total. The third kappa shape index (κ3) is 6.25. The number of methoxy groups -OCH3 is 1. The highest BCUT2D eigenvalue weighted by molar-refractivity contribution is 7.80. The number of hydrogen-bond acceptors (Lipinski definition) is 3. The molecule has 5 aromatic rings. The van der Waals surface area contributed by atoms with Crippen LogP contribution in [0.4, 0.5) is 5.69 Å². The van der Waals surface area contributed by atoms with E-state index in [1.54, 1.807) is 7.11 Å². The topological polar surface area (TPSA) is 21.7 Å². The zero-order valence-corrected chi connectivity index (χ0v) is 28.8. The van der Waals surface area contributed by atoms with Crippen molar-refractivity contribution >= 4 is 48.2 Å². The minimum Gasteiger partial charge on any atom is -0.495 e. The average molecular weight is 630 g/mol. The molecule has 0 aromatic heterocycles. The Morgan fingerprint density at radius 1 is 0.689 bits per heavy atom. The van der Waals surface area contributed by atoms with Crippen molar-refractivity contribution in [1.82, 2.24) is 0 Å². The number of anilines is 1. The summed E-state index contributed by atoms with van der Waals surface area (Å²) < 4.78 is 13.7. The molecule has 1 saturated heterocycles. The number of ether oxygens (including phenoxy) is 1. The standard InChI is InChI=1S/C40H44NO2PSi/c1-40(2,3)45(35-24-13-7-14-25-35,36-26-15-8-16-27-36)43-31-32-19-18-30-41(32)39-37(42-4)28-17-29-38(39)44(33-20-9-5-10-21-33)34-22-11-6-12-23-34/h5-17,20-29,32H,18-19,30-31H2,1-4H3/t32-/m0/s1. The molecule has 0 N–H and O–H groups in total. The third-order valence-corrected chi connectivity index (χ3v) is 16.5. The van der Waals surface area contributed by atoms with Crippen LogP contribution in [0.25, 0.3) is 0 Å². The normalized spacial score (nSPS) is 15.4. The highest BCUT2D eigenvalue weighted by Crippen LogP contribution is 2.43. The molecule has 6 rings (SSSR count). The van der Waals surface area contributed by atoms with Gasteiger partial charge >= 0.3 is 0 Å². The summed E-state index contributed by atoms with van der Waals surface area (Å²) in [6, 6.07) is 50.7. The lowest BCUT2D eigenvalue weighted by Crippen LogP contribution is -2.67. The summed E-state index contributed by atoms with van der Waals surface area (Å²) in [6.07, 6.45) is 2.21. The molecule has 5 heteroatoms. The Kier molecular flexibility index (Phi) is 9.56.